The number of methoxy groups -OCH3 is 1. The molecule has 2 heterocycles. The van der Waals surface area contributed by atoms with Crippen LogP contribution in [-0.2, 0) is 7.05 Å². The zero-order chi connectivity index (χ0) is 19.6. The molecular weight excluding hydrogens is 410 g/mol. The Morgan fingerprint density at radius 3 is 2.52 bits per heavy atom. The molecule has 1 amide bonds. The molecule has 0 saturated heterocycles. The summed E-state index contributed by atoms with van der Waals surface area (Å²) in [5, 5.41) is 10.2. The van der Waals surface area contributed by atoms with Gasteiger partial charge in [0, 0.05) is 19.4 Å². The van der Waals surface area contributed by atoms with Crippen molar-refractivity contribution >= 4 is 21.8 Å². The maximum Gasteiger partial charge on any atom is 0.273 e. The van der Waals surface area contributed by atoms with Gasteiger partial charge in [-0.05, 0) is 39.5 Å². The zero-order valence-corrected chi connectivity index (χ0v) is 17.2. The van der Waals surface area contributed by atoms with Gasteiger partial charge in [0.05, 0.1) is 17.3 Å². The summed E-state index contributed by atoms with van der Waals surface area (Å²) in [4.78, 5) is 17.3. The molecule has 3 aromatic rings. The van der Waals surface area contributed by atoms with E-state index in [1.165, 1.54) is 0 Å². The van der Waals surface area contributed by atoms with Gasteiger partial charge in [-0.25, -0.2) is 4.98 Å². The van der Waals surface area contributed by atoms with Gasteiger partial charge >= 0.3 is 0 Å². The minimum Gasteiger partial charge on any atom is -0.497 e. The number of aromatic nitrogens is 4. The number of rotatable bonds is 6. The maximum atomic E-state index is 12.9. The number of ether oxygens (including phenoxy) is 1. The molecule has 0 bridgehead atoms. The SMILES string of the molecule is COc1ccc(C(NC(=O)c2n[nH]c(C(C)C)c2Br)c2nccn2C)cc1. The summed E-state index contributed by atoms with van der Waals surface area (Å²) in [6, 6.07) is 7.13. The van der Waals surface area contributed by atoms with Gasteiger partial charge in [0.2, 0.25) is 0 Å². The third kappa shape index (κ3) is 3.90. The van der Waals surface area contributed by atoms with Gasteiger partial charge in [0.15, 0.2) is 5.69 Å². The summed E-state index contributed by atoms with van der Waals surface area (Å²) in [5.41, 5.74) is 2.11. The molecule has 0 spiro atoms. The van der Waals surface area contributed by atoms with Crippen LogP contribution in [-0.4, -0.2) is 32.8 Å². The quantitative estimate of drug-likeness (QED) is 0.624. The minimum atomic E-state index is -0.422. The number of amides is 1. The molecule has 1 unspecified atom stereocenters. The van der Waals surface area contributed by atoms with Crippen molar-refractivity contribution in [1.82, 2.24) is 25.1 Å². The van der Waals surface area contributed by atoms with Crippen LogP contribution in [0.15, 0.2) is 41.1 Å². The van der Waals surface area contributed by atoms with Crippen LogP contribution in [0.1, 0.15) is 53.4 Å². The Hall–Kier alpha value is -2.61. The first-order chi connectivity index (χ1) is 12.9. The van der Waals surface area contributed by atoms with E-state index in [1.807, 2.05) is 55.9 Å². The molecule has 0 fully saturated rings. The Bertz CT molecular complexity index is 930. The second-order valence-electron chi connectivity index (χ2n) is 6.53. The topological polar surface area (TPSA) is 84.8 Å². The molecule has 0 saturated carbocycles. The Balaban J connectivity index is 1.94. The number of hydrogen-bond donors (Lipinski definition) is 2. The number of H-pyrrole nitrogens is 1. The summed E-state index contributed by atoms with van der Waals surface area (Å²) in [6.07, 6.45) is 3.55. The highest BCUT2D eigenvalue weighted by Crippen LogP contribution is 2.27. The summed E-state index contributed by atoms with van der Waals surface area (Å²) in [6.45, 7) is 4.07. The molecule has 142 valence electrons. The van der Waals surface area contributed by atoms with Gasteiger partial charge in [0.25, 0.3) is 5.91 Å². The van der Waals surface area contributed by atoms with Crippen LogP contribution in [0.25, 0.3) is 0 Å². The molecule has 2 aromatic heterocycles. The van der Waals surface area contributed by atoms with Crippen molar-refractivity contribution in [3.63, 3.8) is 0 Å². The molecule has 2 N–H and O–H groups in total. The van der Waals surface area contributed by atoms with Crippen molar-refractivity contribution in [2.75, 3.05) is 7.11 Å². The Kier molecular flexibility index (Phi) is 5.65. The second-order valence-corrected chi connectivity index (χ2v) is 7.32. The van der Waals surface area contributed by atoms with Crippen molar-refractivity contribution < 1.29 is 9.53 Å². The fraction of sp³-hybridized carbons (Fsp3) is 0.316. The number of halogens is 1. The van der Waals surface area contributed by atoms with Crippen molar-refractivity contribution in [3.05, 3.63) is 63.9 Å². The van der Waals surface area contributed by atoms with Crippen LogP contribution in [0.3, 0.4) is 0 Å². The molecule has 8 heteroatoms. The Morgan fingerprint density at radius 2 is 2.00 bits per heavy atom. The summed E-state index contributed by atoms with van der Waals surface area (Å²) in [5.74, 6) is 1.42. The molecular formula is C19H22BrN5O2. The molecule has 0 aliphatic heterocycles. The van der Waals surface area contributed by atoms with Gasteiger partial charge < -0.3 is 14.6 Å². The highest BCUT2D eigenvalue weighted by molar-refractivity contribution is 9.10. The second kappa shape index (κ2) is 7.96. The number of carbonyl (C=O) groups excluding carboxylic acids is 1. The Labute approximate surface area is 166 Å². The van der Waals surface area contributed by atoms with E-state index in [4.69, 9.17) is 4.74 Å². The van der Waals surface area contributed by atoms with Crippen molar-refractivity contribution in [3.8, 4) is 5.75 Å². The van der Waals surface area contributed by atoms with Crippen LogP contribution in [0.5, 0.6) is 5.75 Å². The Morgan fingerprint density at radius 1 is 1.30 bits per heavy atom. The number of nitrogens with zero attached hydrogens (tertiary/aromatic N) is 3. The van der Waals surface area contributed by atoms with E-state index in [-0.39, 0.29) is 11.8 Å². The third-order valence-electron chi connectivity index (χ3n) is 4.37. The number of carbonyl (C=O) groups is 1. The van der Waals surface area contributed by atoms with Crippen molar-refractivity contribution in [1.29, 1.82) is 0 Å². The lowest BCUT2D eigenvalue weighted by molar-refractivity contribution is 0.0935. The average Bonchev–Trinajstić information content (AvgIpc) is 3.25. The lowest BCUT2D eigenvalue weighted by Gasteiger charge is -2.19. The lowest BCUT2D eigenvalue weighted by atomic mass is 10.1. The van der Waals surface area contributed by atoms with E-state index < -0.39 is 6.04 Å². The van der Waals surface area contributed by atoms with Gasteiger partial charge in [-0.1, -0.05) is 26.0 Å². The molecule has 0 radical (unpaired) electrons. The van der Waals surface area contributed by atoms with Gasteiger partial charge in [-0.3, -0.25) is 9.89 Å². The van der Waals surface area contributed by atoms with Gasteiger partial charge in [-0.15, -0.1) is 0 Å². The minimum absolute atomic E-state index is 0.223. The van der Waals surface area contributed by atoms with Crippen LogP contribution in [0.2, 0.25) is 0 Å². The van der Waals surface area contributed by atoms with E-state index in [9.17, 15) is 4.79 Å². The largest absolute Gasteiger partial charge is 0.497 e. The fourth-order valence-electron chi connectivity index (χ4n) is 2.82. The molecule has 3 rings (SSSR count). The first-order valence-corrected chi connectivity index (χ1v) is 9.37. The van der Waals surface area contributed by atoms with Crippen LogP contribution < -0.4 is 10.1 Å². The lowest BCUT2D eigenvalue weighted by Crippen LogP contribution is -2.31. The zero-order valence-electron chi connectivity index (χ0n) is 15.7. The van der Waals surface area contributed by atoms with Crippen molar-refractivity contribution in [2.24, 2.45) is 7.05 Å². The molecule has 0 aliphatic carbocycles. The first-order valence-electron chi connectivity index (χ1n) is 8.58. The average molecular weight is 432 g/mol. The van der Waals surface area contributed by atoms with E-state index in [0.29, 0.717) is 10.2 Å². The van der Waals surface area contributed by atoms with E-state index in [0.717, 1.165) is 22.8 Å². The number of benzene rings is 1. The van der Waals surface area contributed by atoms with Crippen LogP contribution in [0.4, 0.5) is 0 Å². The highest BCUT2D eigenvalue weighted by Gasteiger charge is 2.25. The van der Waals surface area contributed by atoms with E-state index >= 15 is 0 Å². The van der Waals surface area contributed by atoms with Crippen molar-refractivity contribution in [2.45, 2.75) is 25.8 Å². The predicted octanol–water partition coefficient (Wildman–Crippen LogP) is 3.56. The number of imidazole rings is 1. The van der Waals surface area contributed by atoms with Gasteiger partial charge in [0.1, 0.15) is 17.6 Å². The maximum absolute atomic E-state index is 12.9. The fourth-order valence-corrected chi connectivity index (χ4v) is 3.64. The number of aromatic amines is 1. The van der Waals surface area contributed by atoms with E-state index in [1.54, 1.807) is 13.3 Å². The number of nitrogens with one attached hydrogen (secondary N) is 2. The van der Waals surface area contributed by atoms with Crippen LogP contribution in [0, 0.1) is 0 Å². The molecule has 1 atom stereocenters. The molecule has 0 aliphatic rings. The smallest absolute Gasteiger partial charge is 0.273 e. The molecule has 1 aromatic carbocycles. The normalized spacial score (nSPS) is 12.2. The highest BCUT2D eigenvalue weighted by atomic mass is 79.9. The third-order valence-corrected chi connectivity index (χ3v) is 5.17. The monoisotopic (exact) mass is 431 g/mol. The molecule has 27 heavy (non-hydrogen) atoms. The summed E-state index contributed by atoms with van der Waals surface area (Å²) < 4.78 is 7.79. The predicted molar refractivity (Wildman–Crippen MR) is 106 cm³/mol. The molecule has 7 nitrogen and oxygen atoms in total. The summed E-state index contributed by atoms with van der Waals surface area (Å²) >= 11 is 3.49. The first kappa shape index (κ1) is 19.2. The van der Waals surface area contributed by atoms with Crippen LogP contribution >= 0.6 is 15.9 Å². The van der Waals surface area contributed by atoms with E-state index in [2.05, 4.69) is 36.4 Å². The number of hydrogen-bond acceptors (Lipinski definition) is 4. The number of aryl methyl sites for hydroxylation is 1. The summed E-state index contributed by atoms with van der Waals surface area (Å²) in [7, 11) is 3.51. The van der Waals surface area contributed by atoms with Gasteiger partial charge in [-0.2, -0.15) is 5.10 Å². The standard InChI is InChI=1S/C19H22BrN5O2/c1-11(2)15-14(20)17(24-23-15)19(26)22-16(18-21-9-10-25(18)3)12-5-7-13(27-4)8-6-12/h5-11,16H,1-4H3,(H,22,26)(H,23,24).